The smallest absolute Gasteiger partial charge is 0.258 e. The van der Waals surface area contributed by atoms with Crippen LogP contribution in [0.2, 0.25) is 5.02 Å². The highest BCUT2D eigenvalue weighted by atomic mass is 35.5. The van der Waals surface area contributed by atoms with E-state index in [9.17, 15) is 9.18 Å². The molecule has 0 saturated heterocycles. The van der Waals surface area contributed by atoms with Crippen molar-refractivity contribution in [2.75, 3.05) is 20.3 Å². The van der Waals surface area contributed by atoms with Crippen molar-refractivity contribution < 1.29 is 18.7 Å². The number of halogens is 2. The number of hydrogen-bond donors (Lipinski definition) is 1. The summed E-state index contributed by atoms with van der Waals surface area (Å²) < 4.78 is 23.9. The SMILES string of the molecule is COC(CNC(=O)COc1ccc(Cl)cc1)c1cccc(F)c1. The first-order chi connectivity index (χ1) is 11.1. The van der Waals surface area contributed by atoms with Gasteiger partial charge in [-0.3, -0.25) is 4.79 Å². The third-order valence-corrected chi connectivity index (χ3v) is 3.43. The monoisotopic (exact) mass is 337 g/mol. The molecule has 1 unspecified atom stereocenters. The minimum Gasteiger partial charge on any atom is -0.484 e. The molecule has 2 aromatic rings. The van der Waals surface area contributed by atoms with E-state index in [2.05, 4.69) is 5.32 Å². The van der Waals surface area contributed by atoms with Crippen LogP contribution in [0.15, 0.2) is 48.5 Å². The van der Waals surface area contributed by atoms with E-state index >= 15 is 0 Å². The zero-order valence-electron chi connectivity index (χ0n) is 12.6. The number of carbonyl (C=O) groups excluding carboxylic acids is 1. The van der Waals surface area contributed by atoms with Crippen LogP contribution in [0, 0.1) is 5.82 Å². The molecule has 1 N–H and O–H groups in total. The zero-order chi connectivity index (χ0) is 16.7. The number of rotatable bonds is 7. The molecule has 122 valence electrons. The van der Waals surface area contributed by atoms with Crippen LogP contribution in [-0.2, 0) is 9.53 Å². The lowest BCUT2D eigenvalue weighted by atomic mass is 10.1. The number of benzene rings is 2. The molecular weight excluding hydrogens is 321 g/mol. The van der Waals surface area contributed by atoms with Crippen molar-refractivity contribution in [3.63, 3.8) is 0 Å². The lowest BCUT2D eigenvalue weighted by Crippen LogP contribution is -2.33. The lowest BCUT2D eigenvalue weighted by Gasteiger charge is -2.16. The fourth-order valence-corrected chi connectivity index (χ4v) is 2.11. The fraction of sp³-hybridized carbons (Fsp3) is 0.235. The molecule has 2 aromatic carbocycles. The Hall–Kier alpha value is -2.11. The molecule has 0 radical (unpaired) electrons. The minimum atomic E-state index is -0.426. The van der Waals surface area contributed by atoms with E-state index in [-0.39, 0.29) is 24.9 Å². The Kier molecular flexibility index (Phi) is 6.38. The van der Waals surface area contributed by atoms with Gasteiger partial charge < -0.3 is 14.8 Å². The molecular formula is C17H17ClFNO3. The molecule has 1 amide bonds. The molecule has 4 nitrogen and oxygen atoms in total. The van der Waals surface area contributed by atoms with Gasteiger partial charge in [0.05, 0.1) is 6.10 Å². The van der Waals surface area contributed by atoms with Crippen molar-refractivity contribution in [3.05, 3.63) is 64.9 Å². The summed E-state index contributed by atoms with van der Waals surface area (Å²) in [7, 11) is 1.51. The number of methoxy groups -OCH3 is 1. The summed E-state index contributed by atoms with van der Waals surface area (Å²) in [5.41, 5.74) is 0.659. The van der Waals surface area contributed by atoms with Gasteiger partial charge in [0.2, 0.25) is 0 Å². The second-order valence-electron chi connectivity index (χ2n) is 4.83. The first kappa shape index (κ1) is 17.2. The van der Waals surface area contributed by atoms with Crippen LogP contribution in [0.5, 0.6) is 5.75 Å². The van der Waals surface area contributed by atoms with Gasteiger partial charge in [0.1, 0.15) is 11.6 Å². The van der Waals surface area contributed by atoms with Crippen LogP contribution in [0.25, 0.3) is 0 Å². The Balaban J connectivity index is 1.81. The van der Waals surface area contributed by atoms with E-state index < -0.39 is 6.10 Å². The number of ether oxygens (including phenoxy) is 2. The van der Waals surface area contributed by atoms with Gasteiger partial charge in [0.15, 0.2) is 6.61 Å². The van der Waals surface area contributed by atoms with Gasteiger partial charge in [0, 0.05) is 18.7 Å². The Morgan fingerprint density at radius 3 is 2.65 bits per heavy atom. The fourth-order valence-electron chi connectivity index (χ4n) is 1.98. The molecule has 0 aromatic heterocycles. The van der Waals surface area contributed by atoms with Crippen LogP contribution in [0.4, 0.5) is 4.39 Å². The standard InChI is InChI=1S/C17H17ClFNO3/c1-22-16(12-3-2-4-14(19)9-12)10-20-17(21)11-23-15-7-5-13(18)6-8-15/h2-9,16H,10-11H2,1H3,(H,20,21). The molecule has 1 atom stereocenters. The van der Waals surface area contributed by atoms with Crippen LogP contribution in [0.1, 0.15) is 11.7 Å². The van der Waals surface area contributed by atoms with E-state index in [0.717, 1.165) is 0 Å². The van der Waals surface area contributed by atoms with Gasteiger partial charge in [-0.25, -0.2) is 4.39 Å². The quantitative estimate of drug-likeness (QED) is 0.842. The summed E-state index contributed by atoms with van der Waals surface area (Å²) in [5.74, 6) is -0.0849. The Morgan fingerprint density at radius 1 is 1.26 bits per heavy atom. The van der Waals surface area contributed by atoms with Gasteiger partial charge in [-0.15, -0.1) is 0 Å². The van der Waals surface area contributed by atoms with E-state index in [1.165, 1.54) is 19.2 Å². The van der Waals surface area contributed by atoms with Crippen LogP contribution < -0.4 is 10.1 Å². The van der Waals surface area contributed by atoms with Gasteiger partial charge in [0.25, 0.3) is 5.91 Å². The number of amides is 1. The maximum Gasteiger partial charge on any atom is 0.258 e. The molecule has 23 heavy (non-hydrogen) atoms. The molecule has 2 rings (SSSR count). The van der Waals surface area contributed by atoms with Gasteiger partial charge >= 0.3 is 0 Å². The number of carbonyl (C=O) groups is 1. The molecule has 0 bridgehead atoms. The summed E-state index contributed by atoms with van der Waals surface area (Å²) in [6, 6.07) is 12.8. The highest BCUT2D eigenvalue weighted by Gasteiger charge is 2.13. The highest BCUT2D eigenvalue weighted by Crippen LogP contribution is 2.17. The maximum absolute atomic E-state index is 13.2. The van der Waals surface area contributed by atoms with E-state index in [1.54, 1.807) is 36.4 Å². The third kappa shape index (κ3) is 5.54. The van der Waals surface area contributed by atoms with Crippen LogP contribution in [-0.4, -0.2) is 26.2 Å². The Labute approximate surface area is 139 Å². The molecule has 0 aliphatic rings. The summed E-state index contributed by atoms with van der Waals surface area (Å²) in [6.45, 7) is 0.101. The van der Waals surface area contributed by atoms with Crippen molar-refractivity contribution in [1.82, 2.24) is 5.32 Å². The van der Waals surface area contributed by atoms with Crippen molar-refractivity contribution in [2.24, 2.45) is 0 Å². The molecule has 0 aliphatic carbocycles. The van der Waals surface area contributed by atoms with Gasteiger partial charge in [-0.05, 0) is 42.0 Å². The molecule has 0 spiro atoms. The molecule has 0 fully saturated rings. The predicted molar refractivity (Wildman–Crippen MR) is 86.1 cm³/mol. The molecule has 0 aliphatic heterocycles. The third-order valence-electron chi connectivity index (χ3n) is 3.17. The van der Waals surface area contributed by atoms with Gasteiger partial charge in [-0.1, -0.05) is 23.7 Å². The summed E-state index contributed by atoms with van der Waals surface area (Å²) in [6.07, 6.45) is -0.426. The second-order valence-corrected chi connectivity index (χ2v) is 5.26. The van der Waals surface area contributed by atoms with Crippen molar-refractivity contribution in [3.8, 4) is 5.75 Å². The average Bonchev–Trinajstić information content (AvgIpc) is 2.55. The van der Waals surface area contributed by atoms with Gasteiger partial charge in [-0.2, -0.15) is 0 Å². The van der Waals surface area contributed by atoms with Crippen molar-refractivity contribution >= 4 is 17.5 Å². The average molecular weight is 338 g/mol. The first-order valence-electron chi connectivity index (χ1n) is 7.02. The normalized spacial score (nSPS) is 11.8. The highest BCUT2D eigenvalue weighted by molar-refractivity contribution is 6.30. The van der Waals surface area contributed by atoms with E-state index in [4.69, 9.17) is 21.1 Å². The summed E-state index contributed by atoms with van der Waals surface area (Å²) in [5, 5.41) is 3.29. The molecule has 0 heterocycles. The Bertz CT molecular complexity index is 649. The van der Waals surface area contributed by atoms with E-state index in [0.29, 0.717) is 16.3 Å². The van der Waals surface area contributed by atoms with E-state index in [1.807, 2.05) is 0 Å². The predicted octanol–water partition coefficient (Wildman–Crippen LogP) is 3.36. The Morgan fingerprint density at radius 2 is 2.00 bits per heavy atom. The minimum absolute atomic E-state index is 0.124. The van der Waals surface area contributed by atoms with Crippen molar-refractivity contribution in [1.29, 1.82) is 0 Å². The summed E-state index contributed by atoms with van der Waals surface area (Å²) >= 11 is 5.77. The molecule has 6 heteroatoms. The zero-order valence-corrected chi connectivity index (χ0v) is 13.3. The van der Waals surface area contributed by atoms with Crippen molar-refractivity contribution in [2.45, 2.75) is 6.10 Å². The number of nitrogens with one attached hydrogen (secondary N) is 1. The maximum atomic E-state index is 13.2. The molecule has 0 saturated carbocycles. The topological polar surface area (TPSA) is 47.6 Å². The second kappa shape index (κ2) is 8.50. The van der Waals surface area contributed by atoms with Crippen LogP contribution >= 0.6 is 11.6 Å². The lowest BCUT2D eigenvalue weighted by molar-refractivity contribution is -0.123. The summed E-state index contributed by atoms with van der Waals surface area (Å²) in [4.78, 5) is 11.8. The van der Waals surface area contributed by atoms with Crippen LogP contribution in [0.3, 0.4) is 0 Å². The first-order valence-corrected chi connectivity index (χ1v) is 7.39. The largest absolute Gasteiger partial charge is 0.484 e. The number of hydrogen-bond acceptors (Lipinski definition) is 3.